The number of hydrogen-bond donors (Lipinski definition) is 0. The van der Waals surface area contributed by atoms with Gasteiger partial charge in [0.05, 0.1) is 22.3 Å². The number of alkyl halides is 6. The van der Waals surface area contributed by atoms with E-state index in [1.807, 2.05) is 0 Å². The topological polar surface area (TPSA) is 52.6 Å². The third kappa shape index (κ3) is 6.18. The Bertz CT molecular complexity index is 1170. The second kappa shape index (κ2) is 10.3. The Morgan fingerprint density at radius 2 is 0.917 bits per heavy atom. The summed E-state index contributed by atoms with van der Waals surface area (Å²) in [5, 5.41) is 0. The number of esters is 2. The molecular formula is C24H14F8O4. The summed E-state index contributed by atoms with van der Waals surface area (Å²) in [6, 6.07) is 8.68. The molecule has 4 nitrogen and oxygen atoms in total. The summed E-state index contributed by atoms with van der Waals surface area (Å²) in [6.45, 7) is -2.04. The molecule has 0 radical (unpaired) electrons. The van der Waals surface area contributed by atoms with Gasteiger partial charge in [-0.05, 0) is 48.5 Å². The van der Waals surface area contributed by atoms with Gasteiger partial charge >= 0.3 is 24.3 Å². The van der Waals surface area contributed by atoms with Crippen LogP contribution in [-0.2, 0) is 35.0 Å². The number of benzene rings is 3. The molecule has 0 aliphatic heterocycles. The van der Waals surface area contributed by atoms with Crippen LogP contribution in [0.5, 0.6) is 0 Å². The van der Waals surface area contributed by atoms with Crippen molar-refractivity contribution in [2.45, 2.75) is 25.6 Å². The third-order valence-corrected chi connectivity index (χ3v) is 4.90. The zero-order chi connectivity index (χ0) is 26.7. The number of rotatable bonds is 6. The van der Waals surface area contributed by atoms with E-state index >= 15 is 0 Å². The van der Waals surface area contributed by atoms with Gasteiger partial charge in [0.15, 0.2) is 0 Å². The van der Waals surface area contributed by atoms with Crippen molar-refractivity contribution in [1.82, 2.24) is 0 Å². The Kier molecular flexibility index (Phi) is 7.65. The average Bonchev–Trinajstić information content (AvgIpc) is 2.80. The molecule has 0 aromatic heterocycles. The molecule has 3 aromatic carbocycles. The summed E-state index contributed by atoms with van der Waals surface area (Å²) in [5.74, 6) is -4.71. The third-order valence-electron chi connectivity index (χ3n) is 4.90. The standard InChI is InChI=1S/C24H14F8O4/c25-19-5-1-3-17(23(27,28)29)15(19)11-35-21(33)13-7-9-14(10-8-13)22(34)36-12-16-18(24(30,31)32)4-2-6-20(16)26/h1-10H,11-12H2. The van der Waals surface area contributed by atoms with Crippen LogP contribution in [0.15, 0.2) is 60.7 Å². The number of ether oxygens (including phenoxy) is 2. The smallest absolute Gasteiger partial charge is 0.416 e. The molecule has 0 amide bonds. The fourth-order valence-electron chi connectivity index (χ4n) is 3.13. The largest absolute Gasteiger partial charge is 0.457 e. The van der Waals surface area contributed by atoms with Crippen LogP contribution in [0, 0.1) is 11.6 Å². The maximum atomic E-state index is 13.9. The van der Waals surface area contributed by atoms with Crippen molar-refractivity contribution in [3.63, 3.8) is 0 Å². The van der Waals surface area contributed by atoms with Crippen LogP contribution in [0.2, 0.25) is 0 Å². The zero-order valence-corrected chi connectivity index (χ0v) is 17.8. The molecule has 0 N–H and O–H groups in total. The minimum atomic E-state index is -4.88. The van der Waals surface area contributed by atoms with Crippen molar-refractivity contribution in [3.8, 4) is 0 Å². The van der Waals surface area contributed by atoms with Crippen LogP contribution in [0.3, 0.4) is 0 Å². The number of carbonyl (C=O) groups is 2. The van der Waals surface area contributed by atoms with Crippen molar-refractivity contribution in [2.24, 2.45) is 0 Å². The molecule has 0 aliphatic carbocycles. The van der Waals surface area contributed by atoms with Gasteiger partial charge in [0, 0.05) is 11.1 Å². The first-order chi connectivity index (χ1) is 16.8. The van der Waals surface area contributed by atoms with E-state index in [9.17, 15) is 44.7 Å². The predicted molar refractivity (Wildman–Crippen MR) is 107 cm³/mol. The van der Waals surface area contributed by atoms with Gasteiger partial charge in [-0.2, -0.15) is 26.3 Å². The van der Waals surface area contributed by atoms with Gasteiger partial charge in [-0.25, -0.2) is 18.4 Å². The van der Waals surface area contributed by atoms with E-state index in [0.29, 0.717) is 12.1 Å². The van der Waals surface area contributed by atoms with Gasteiger partial charge < -0.3 is 9.47 Å². The summed E-state index contributed by atoms with van der Waals surface area (Å²) >= 11 is 0. The van der Waals surface area contributed by atoms with Crippen LogP contribution in [0.4, 0.5) is 35.1 Å². The molecule has 0 saturated heterocycles. The number of carbonyl (C=O) groups excluding carboxylic acids is 2. The van der Waals surface area contributed by atoms with Crippen LogP contribution < -0.4 is 0 Å². The fourth-order valence-corrected chi connectivity index (χ4v) is 3.13. The van der Waals surface area contributed by atoms with Crippen molar-refractivity contribution in [2.75, 3.05) is 0 Å². The molecule has 0 fully saturated rings. The van der Waals surface area contributed by atoms with E-state index < -0.39 is 71.4 Å². The van der Waals surface area contributed by atoms with Crippen molar-refractivity contribution in [3.05, 3.63) is 106 Å². The maximum absolute atomic E-state index is 13.9. The Morgan fingerprint density at radius 1 is 0.583 bits per heavy atom. The van der Waals surface area contributed by atoms with E-state index in [1.165, 1.54) is 0 Å². The molecule has 36 heavy (non-hydrogen) atoms. The summed E-state index contributed by atoms with van der Waals surface area (Å²) in [4.78, 5) is 24.3. The van der Waals surface area contributed by atoms with Crippen LogP contribution in [0.1, 0.15) is 43.0 Å². The first kappa shape index (κ1) is 26.6. The molecule has 0 bridgehead atoms. The van der Waals surface area contributed by atoms with Crippen LogP contribution in [-0.4, -0.2) is 11.9 Å². The minimum absolute atomic E-state index is 0.218. The van der Waals surface area contributed by atoms with Crippen LogP contribution >= 0.6 is 0 Å². The van der Waals surface area contributed by atoms with Crippen molar-refractivity contribution >= 4 is 11.9 Å². The summed E-state index contributed by atoms with van der Waals surface area (Å²) in [6.07, 6.45) is -9.76. The van der Waals surface area contributed by atoms with E-state index in [2.05, 4.69) is 0 Å². The second-order valence-corrected chi connectivity index (χ2v) is 7.26. The highest BCUT2D eigenvalue weighted by Gasteiger charge is 2.35. The van der Waals surface area contributed by atoms with E-state index in [1.54, 1.807) is 0 Å². The first-order valence-corrected chi connectivity index (χ1v) is 9.92. The Morgan fingerprint density at radius 3 is 1.22 bits per heavy atom. The van der Waals surface area contributed by atoms with Gasteiger partial charge in [-0.3, -0.25) is 0 Å². The highest BCUT2D eigenvalue weighted by molar-refractivity contribution is 5.93. The van der Waals surface area contributed by atoms with Gasteiger partial charge in [-0.1, -0.05) is 12.1 Å². The Labute approximate surface area is 198 Å². The maximum Gasteiger partial charge on any atom is 0.416 e. The number of hydrogen-bond acceptors (Lipinski definition) is 4. The van der Waals surface area contributed by atoms with Crippen molar-refractivity contribution in [1.29, 1.82) is 0 Å². The lowest BCUT2D eigenvalue weighted by Gasteiger charge is -2.14. The summed E-state index contributed by atoms with van der Waals surface area (Å²) in [5.41, 5.74) is -4.79. The highest BCUT2D eigenvalue weighted by atomic mass is 19.4. The zero-order valence-electron chi connectivity index (χ0n) is 17.8. The molecule has 0 aliphatic rings. The molecule has 0 spiro atoms. The lowest BCUT2D eigenvalue weighted by molar-refractivity contribution is -0.139. The van der Waals surface area contributed by atoms with E-state index in [0.717, 1.165) is 48.5 Å². The molecule has 12 heteroatoms. The molecule has 0 unspecified atom stereocenters. The Balaban J connectivity index is 1.66. The molecule has 3 rings (SSSR count). The molecule has 0 heterocycles. The first-order valence-electron chi connectivity index (χ1n) is 9.92. The molecular weight excluding hydrogens is 504 g/mol. The highest BCUT2D eigenvalue weighted by Crippen LogP contribution is 2.34. The van der Waals surface area contributed by atoms with E-state index in [-0.39, 0.29) is 11.1 Å². The average molecular weight is 518 g/mol. The molecule has 0 atom stereocenters. The molecule has 3 aromatic rings. The number of halogens is 8. The normalized spacial score (nSPS) is 11.8. The van der Waals surface area contributed by atoms with Gasteiger partial charge in [-0.15, -0.1) is 0 Å². The van der Waals surface area contributed by atoms with Crippen LogP contribution in [0.25, 0.3) is 0 Å². The van der Waals surface area contributed by atoms with Gasteiger partial charge in [0.1, 0.15) is 24.8 Å². The molecule has 0 saturated carbocycles. The Hall–Kier alpha value is -3.96. The van der Waals surface area contributed by atoms with Crippen molar-refractivity contribution < 1.29 is 54.2 Å². The SMILES string of the molecule is O=C(OCc1c(F)cccc1C(F)(F)F)c1ccc(C(=O)OCc2c(F)cccc2C(F)(F)F)cc1. The quantitative estimate of drug-likeness (QED) is 0.269. The van der Waals surface area contributed by atoms with E-state index in [4.69, 9.17) is 9.47 Å². The lowest BCUT2D eigenvalue weighted by Crippen LogP contribution is -2.14. The van der Waals surface area contributed by atoms with Gasteiger partial charge in [0.25, 0.3) is 0 Å². The monoisotopic (exact) mass is 518 g/mol. The summed E-state index contributed by atoms with van der Waals surface area (Å²) in [7, 11) is 0. The lowest BCUT2D eigenvalue weighted by atomic mass is 10.1. The second-order valence-electron chi connectivity index (χ2n) is 7.26. The fraction of sp³-hybridized carbons (Fsp3) is 0.167. The summed E-state index contributed by atoms with van der Waals surface area (Å²) < 4.78 is 115. The molecule has 190 valence electrons. The van der Waals surface area contributed by atoms with Gasteiger partial charge in [0.2, 0.25) is 0 Å². The predicted octanol–water partition coefficient (Wildman–Crippen LogP) is 6.72. The minimum Gasteiger partial charge on any atom is -0.457 e.